The Labute approximate surface area is 262 Å². The van der Waals surface area contributed by atoms with E-state index in [0.717, 1.165) is 6.07 Å². The second-order valence-electron chi connectivity index (χ2n) is 9.27. The van der Waals surface area contributed by atoms with Crippen molar-refractivity contribution in [2.24, 2.45) is 5.10 Å². The number of benzene rings is 4. The number of hydrogen-bond acceptors (Lipinski definition) is 10. The van der Waals surface area contributed by atoms with Gasteiger partial charge in [-0.25, -0.2) is 8.42 Å². The van der Waals surface area contributed by atoms with Crippen LogP contribution < -0.4 is 14.9 Å². The number of fused-ring (bicyclic) bond motifs is 1. The van der Waals surface area contributed by atoms with Crippen molar-refractivity contribution in [3.63, 3.8) is 0 Å². The summed E-state index contributed by atoms with van der Waals surface area (Å²) in [4.78, 5) is 11.7. The van der Waals surface area contributed by atoms with E-state index in [4.69, 9.17) is 16.3 Å². The fraction of sp³-hybridized carbons (Fsp3) is 0. The third-order valence-corrected chi connectivity index (χ3v) is 9.49. The molecular weight excluding hydrogens is 670 g/mol. The molecule has 0 saturated heterocycles. The molecule has 0 bridgehead atoms. The number of para-hydroxylation sites is 1. The van der Waals surface area contributed by atoms with Crippen LogP contribution >= 0.6 is 11.6 Å². The highest BCUT2D eigenvalue weighted by Gasteiger charge is 2.36. The fourth-order valence-electron chi connectivity index (χ4n) is 4.19. The Kier molecular flexibility index (Phi) is 8.54. The Morgan fingerprint density at radius 1 is 0.733 bits per heavy atom. The second-order valence-corrected chi connectivity index (χ2v) is 14.2. The number of carbonyl (C=O) groups is 1. The molecule has 45 heavy (non-hydrogen) atoms. The highest BCUT2D eigenvalue weighted by molar-refractivity contribution is 7.92. The largest absolute Gasteiger partial charge is 0.455 e. The average Bonchev–Trinajstić information content (AvgIpc) is 2.97. The van der Waals surface area contributed by atoms with Crippen LogP contribution in [0.3, 0.4) is 0 Å². The van der Waals surface area contributed by atoms with E-state index in [9.17, 15) is 39.2 Å². The van der Waals surface area contributed by atoms with Crippen molar-refractivity contribution in [3.8, 4) is 11.5 Å². The first-order valence-corrected chi connectivity index (χ1v) is 17.2. The van der Waals surface area contributed by atoms with Gasteiger partial charge < -0.3 is 4.74 Å². The lowest BCUT2D eigenvalue weighted by atomic mass is 9.93. The van der Waals surface area contributed by atoms with Crippen LogP contribution in [0.2, 0.25) is 5.02 Å². The molecule has 0 spiro atoms. The zero-order chi connectivity index (χ0) is 32.6. The van der Waals surface area contributed by atoms with Gasteiger partial charge in [0.15, 0.2) is 11.5 Å². The summed E-state index contributed by atoms with van der Waals surface area (Å²) in [7, 11) is -14.6. The highest BCUT2D eigenvalue weighted by atomic mass is 35.5. The second kappa shape index (κ2) is 12.1. The SMILES string of the molecule is O=C1C(=NNc2cc(Cl)ccc2Oc2ccccc2)C(S(=O)(=O)O)=Cc2cc(S(=O)(=O)O)cc(NS(=O)(=O)c3ccccc3)c21. The van der Waals surface area contributed by atoms with Gasteiger partial charge >= 0.3 is 0 Å². The molecule has 0 heterocycles. The minimum absolute atomic E-state index is 0.0684. The van der Waals surface area contributed by atoms with Crippen molar-refractivity contribution in [2.75, 3.05) is 10.1 Å². The van der Waals surface area contributed by atoms with Crippen LogP contribution in [-0.2, 0) is 30.3 Å². The number of ketones is 1. The number of ether oxygens (including phenoxy) is 1. The molecule has 4 aromatic carbocycles. The van der Waals surface area contributed by atoms with Crippen molar-refractivity contribution in [2.45, 2.75) is 9.79 Å². The molecule has 17 heteroatoms. The quantitative estimate of drug-likeness (QED) is 0.135. The average molecular weight is 690 g/mol. The van der Waals surface area contributed by atoms with E-state index in [0.29, 0.717) is 17.9 Å². The van der Waals surface area contributed by atoms with Gasteiger partial charge in [0.05, 0.1) is 21.0 Å². The van der Waals surface area contributed by atoms with Crippen LogP contribution in [0.25, 0.3) is 6.08 Å². The predicted octanol–water partition coefficient (Wildman–Crippen LogP) is 5.07. The molecule has 0 saturated carbocycles. The number of nitrogens with zero attached hydrogens (tertiary/aromatic N) is 1. The maximum atomic E-state index is 13.9. The molecule has 232 valence electrons. The molecule has 13 nitrogen and oxygen atoms in total. The Hall–Kier alpha value is -4.58. The van der Waals surface area contributed by atoms with Crippen LogP contribution in [0, 0.1) is 0 Å². The summed E-state index contributed by atoms with van der Waals surface area (Å²) in [6, 6.07) is 21.1. The third kappa shape index (κ3) is 7.06. The Balaban J connectivity index is 1.65. The van der Waals surface area contributed by atoms with Gasteiger partial charge in [-0.3, -0.25) is 24.0 Å². The molecule has 5 rings (SSSR count). The molecule has 4 aromatic rings. The van der Waals surface area contributed by atoms with Crippen molar-refractivity contribution in [1.29, 1.82) is 0 Å². The van der Waals surface area contributed by atoms with Crippen LogP contribution in [0.15, 0.2) is 111 Å². The molecule has 0 amide bonds. The van der Waals surface area contributed by atoms with Crippen molar-refractivity contribution in [1.82, 2.24) is 0 Å². The van der Waals surface area contributed by atoms with Gasteiger partial charge in [0, 0.05) is 5.02 Å². The van der Waals surface area contributed by atoms with E-state index in [-0.39, 0.29) is 21.4 Å². The Morgan fingerprint density at radius 2 is 1.38 bits per heavy atom. The lowest BCUT2D eigenvalue weighted by Gasteiger charge is -2.21. The molecule has 0 atom stereocenters. The fourth-order valence-corrected chi connectivity index (χ4v) is 6.65. The number of sulfonamides is 1. The molecule has 0 aliphatic heterocycles. The smallest absolute Gasteiger partial charge is 0.296 e. The summed E-state index contributed by atoms with van der Waals surface area (Å²) in [5, 5.41) is 4.13. The zero-order valence-electron chi connectivity index (χ0n) is 22.4. The van der Waals surface area contributed by atoms with Gasteiger partial charge in [0.25, 0.3) is 30.3 Å². The van der Waals surface area contributed by atoms with Gasteiger partial charge in [-0.1, -0.05) is 48.0 Å². The first-order chi connectivity index (χ1) is 21.1. The molecule has 1 aliphatic carbocycles. The number of hydrazone groups is 1. The molecule has 0 aromatic heterocycles. The highest BCUT2D eigenvalue weighted by Crippen LogP contribution is 2.36. The molecule has 4 N–H and O–H groups in total. The van der Waals surface area contributed by atoms with E-state index in [1.54, 1.807) is 36.4 Å². The Bertz CT molecular complexity index is 2220. The van der Waals surface area contributed by atoms with Crippen molar-refractivity contribution < 1.29 is 43.9 Å². The number of Topliss-reactive ketones (excluding diaryl/α,β-unsaturated/α-hetero) is 1. The summed E-state index contributed by atoms with van der Waals surface area (Å²) >= 11 is 6.13. The number of rotatable bonds is 9. The van der Waals surface area contributed by atoms with Gasteiger partial charge in [-0.15, -0.1) is 0 Å². The maximum Gasteiger partial charge on any atom is 0.296 e. The van der Waals surface area contributed by atoms with E-state index in [1.807, 2.05) is 0 Å². The van der Waals surface area contributed by atoms with Gasteiger partial charge in [0.1, 0.15) is 16.3 Å². The minimum atomic E-state index is -5.20. The topological polar surface area (TPSA) is 206 Å². The van der Waals surface area contributed by atoms with Crippen molar-refractivity contribution in [3.05, 3.63) is 112 Å². The molecule has 0 unspecified atom stereocenters. The number of nitrogens with one attached hydrogen (secondary N) is 2. The van der Waals surface area contributed by atoms with E-state index < -0.39 is 68.4 Å². The Morgan fingerprint density at radius 3 is 2.00 bits per heavy atom. The molecule has 1 aliphatic rings. The van der Waals surface area contributed by atoms with Crippen LogP contribution in [0.5, 0.6) is 11.5 Å². The molecular formula is C28H20ClN3O10S3. The first-order valence-electron chi connectivity index (χ1n) is 12.5. The van der Waals surface area contributed by atoms with Crippen molar-refractivity contribution >= 4 is 70.8 Å². The zero-order valence-corrected chi connectivity index (χ0v) is 25.7. The summed E-state index contributed by atoms with van der Waals surface area (Å²) in [5.74, 6) is -0.653. The van der Waals surface area contributed by atoms with Gasteiger partial charge in [-0.05, 0) is 66.2 Å². The van der Waals surface area contributed by atoms with Crippen LogP contribution in [0.1, 0.15) is 15.9 Å². The van der Waals surface area contributed by atoms with Crippen LogP contribution in [0.4, 0.5) is 11.4 Å². The minimum Gasteiger partial charge on any atom is -0.455 e. The third-order valence-electron chi connectivity index (χ3n) is 6.18. The summed E-state index contributed by atoms with van der Waals surface area (Å²) in [5.41, 5.74) is 0.0751. The van der Waals surface area contributed by atoms with E-state index in [1.165, 1.54) is 42.5 Å². The number of carbonyl (C=O) groups excluding carboxylic acids is 1. The summed E-state index contributed by atoms with van der Waals surface area (Å²) in [6.07, 6.45) is 0.709. The normalized spacial score (nSPS) is 14.4. The maximum absolute atomic E-state index is 13.9. The van der Waals surface area contributed by atoms with Gasteiger partial charge in [-0.2, -0.15) is 21.9 Å². The predicted molar refractivity (Wildman–Crippen MR) is 166 cm³/mol. The molecule has 0 fully saturated rings. The number of halogens is 1. The standard InChI is InChI=1S/C28H20ClN3O10S3/c29-18-11-12-24(42-19-7-3-1-4-8-19)22(15-18)30-31-27-25(45(39,40)41)14-17-13-21(44(36,37)38)16-23(26(17)28(27)33)32-43(34,35)20-9-5-2-6-10-20/h1-16,30,32H,(H,36,37,38)(H,39,40,41). The number of hydrogen-bond donors (Lipinski definition) is 4. The van der Waals surface area contributed by atoms with E-state index >= 15 is 0 Å². The summed E-state index contributed by atoms with van der Waals surface area (Å²) in [6.45, 7) is 0. The first kappa shape index (κ1) is 31.8. The lowest BCUT2D eigenvalue weighted by molar-refractivity contribution is 0.106. The monoisotopic (exact) mass is 689 g/mol. The van der Waals surface area contributed by atoms with Crippen LogP contribution in [-0.4, -0.2) is 45.9 Å². The summed E-state index contributed by atoms with van der Waals surface area (Å²) < 4.78 is 103. The number of anilines is 2. The number of allylic oxidation sites excluding steroid dienone is 1. The van der Waals surface area contributed by atoms with E-state index in [2.05, 4.69) is 15.2 Å². The van der Waals surface area contributed by atoms with Gasteiger partial charge in [0.2, 0.25) is 5.78 Å². The molecule has 0 radical (unpaired) electrons. The lowest BCUT2D eigenvalue weighted by Crippen LogP contribution is -2.29.